The van der Waals surface area contributed by atoms with Crippen LogP contribution in [-0.2, 0) is 0 Å². The highest BCUT2D eigenvalue weighted by Crippen LogP contribution is 2.24. The van der Waals surface area contributed by atoms with Gasteiger partial charge in [-0.2, -0.15) is 0 Å². The molecule has 98 valence electrons. The standard InChI is InChI=1S/C13H17FN2O2/c1-8-4-5-16-7-12(8)18-11-3-2-9(14)6-10(11)13(15)17/h2-3,6,8,12,16H,4-5,7H2,1H3,(H2,15,17). The molecule has 1 aromatic carbocycles. The fourth-order valence-electron chi connectivity index (χ4n) is 2.08. The minimum atomic E-state index is -0.680. The van der Waals surface area contributed by atoms with E-state index in [9.17, 15) is 9.18 Å². The van der Waals surface area contributed by atoms with E-state index in [-0.39, 0.29) is 11.7 Å². The monoisotopic (exact) mass is 252 g/mol. The number of halogens is 1. The second-order valence-corrected chi connectivity index (χ2v) is 4.63. The number of carbonyl (C=O) groups is 1. The van der Waals surface area contributed by atoms with E-state index in [1.807, 2.05) is 0 Å². The zero-order valence-electron chi connectivity index (χ0n) is 10.3. The van der Waals surface area contributed by atoms with Gasteiger partial charge >= 0.3 is 0 Å². The van der Waals surface area contributed by atoms with Gasteiger partial charge in [0.05, 0.1) is 5.56 Å². The summed E-state index contributed by atoms with van der Waals surface area (Å²) in [6.07, 6.45) is 0.986. The Morgan fingerprint density at radius 3 is 3.00 bits per heavy atom. The van der Waals surface area contributed by atoms with Gasteiger partial charge in [-0.3, -0.25) is 4.79 Å². The van der Waals surface area contributed by atoms with Crippen molar-refractivity contribution >= 4 is 5.91 Å². The van der Waals surface area contributed by atoms with Crippen molar-refractivity contribution in [3.63, 3.8) is 0 Å². The molecule has 0 aliphatic carbocycles. The molecular weight excluding hydrogens is 235 g/mol. The molecule has 2 unspecified atom stereocenters. The molecule has 4 nitrogen and oxygen atoms in total. The molecule has 3 N–H and O–H groups in total. The van der Waals surface area contributed by atoms with E-state index >= 15 is 0 Å². The van der Waals surface area contributed by atoms with Crippen LogP contribution in [0.15, 0.2) is 18.2 Å². The number of nitrogens with two attached hydrogens (primary N) is 1. The van der Waals surface area contributed by atoms with Crippen LogP contribution in [0.25, 0.3) is 0 Å². The summed E-state index contributed by atoms with van der Waals surface area (Å²) in [6.45, 7) is 3.78. The summed E-state index contributed by atoms with van der Waals surface area (Å²) in [7, 11) is 0. The van der Waals surface area contributed by atoms with Gasteiger partial charge < -0.3 is 15.8 Å². The molecule has 0 spiro atoms. The Hall–Kier alpha value is -1.62. The zero-order valence-corrected chi connectivity index (χ0v) is 10.3. The predicted molar refractivity (Wildman–Crippen MR) is 66.0 cm³/mol. The molecule has 1 heterocycles. The van der Waals surface area contributed by atoms with E-state index in [2.05, 4.69) is 12.2 Å². The molecule has 2 atom stereocenters. The topological polar surface area (TPSA) is 64.3 Å². The first-order chi connectivity index (χ1) is 8.58. The van der Waals surface area contributed by atoms with Crippen molar-refractivity contribution in [1.82, 2.24) is 5.32 Å². The van der Waals surface area contributed by atoms with Crippen LogP contribution in [0.4, 0.5) is 4.39 Å². The summed E-state index contributed by atoms with van der Waals surface area (Å²) in [4.78, 5) is 11.3. The van der Waals surface area contributed by atoms with Crippen molar-refractivity contribution in [3.8, 4) is 5.75 Å². The highest BCUT2D eigenvalue weighted by Gasteiger charge is 2.24. The molecule has 0 bridgehead atoms. The third kappa shape index (κ3) is 2.79. The number of hydrogen-bond acceptors (Lipinski definition) is 3. The second-order valence-electron chi connectivity index (χ2n) is 4.63. The van der Waals surface area contributed by atoms with E-state index in [1.165, 1.54) is 12.1 Å². The molecule has 1 aliphatic rings. The Labute approximate surface area is 105 Å². The lowest BCUT2D eigenvalue weighted by molar-refractivity contribution is 0.0965. The van der Waals surface area contributed by atoms with Crippen LogP contribution in [0.5, 0.6) is 5.75 Å². The van der Waals surface area contributed by atoms with Crippen molar-refractivity contribution in [2.24, 2.45) is 11.7 Å². The first kappa shape index (κ1) is 12.8. The van der Waals surface area contributed by atoms with Gasteiger partial charge in [0.15, 0.2) is 0 Å². The number of piperidine rings is 1. The molecule has 1 fully saturated rings. The Balaban J connectivity index is 2.20. The number of rotatable bonds is 3. The average Bonchev–Trinajstić information content (AvgIpc) is 2.34. The van der Waals surface area contributed by atoms with Crippen LogP contribution < -0.4 is 15.8 Å². The number of ether oxygens (including phenoxy) is 1. The first-order valence-corrected chi connectivity index (χ1v) is 6.04. The van der Waals surface area contributed by atoms with Crippen LogP contribution in [0.1, 0.15) is 23.7 Å². The Kier molecular flexibility index (Phi) is 3.81. The first-order valence-electron chi connectivity index (χ1n) is 6.04. The summed E-state index contributed by atoms with van der Waals surface area (Å²) in [6, 6.07) is 3.83. The Bertz CT molecular complexity index is 451. The number of nitrogens with one attached hydrogen (secondary N) is 1. The molecule has 1 aromatic rings. The largest absolute Gasteiger partial charge is 0.488 e. The van der Waals surface area contributed by atoms with E-state index in [4.69, 9.17) is 10.5 Å². The molecule has 1 amide bonds. The van der Waals surface area contributed by atoms with Gasteiger partial charge in [0.25, 0.3) is 5.91 Å². The Morgan fingerprint density at radius 2 is 2.33 bits per heavy atom. The molecule has 1 saturated heterocycles. The number of benzene rings is 1. The SMILES string of the molecule is CC1CCNCC1Oc1ccc(F)cc1C(N)=O. The Morgan fingerprint density at radius 1 is 1.56 bits per heavy atom. The average molecular weight is 252 g/mol. The maximum Gasteiger partial charge on any atom is 0.252 e. The maximum absolute atomic E-state index is 13.1. The number of hydrogen-bond donors (Lipinski definition) is 2. The summed E-state index contributed by atoms with van der Waals surface area (Å²) < 4.78 is 18.9. The molecular formula is C13H17FN2O2. The van der Waals surface area contributed by atoms with Crippen LogP contribution >= 0.6 is 0 Å². The fourth-order valence-corrected chi connectivity index (χ4v) is 2.08. The smallest absolute Gasteiger partial charge is 0.252 e. The van der Waals surface area contributed by atoms with Crippen LogP contribution in [0.2, 0.25) is 0 Å². The highest BCUT2D eigenvalue weighted by molar-refractivity contribution is 5.95. The molecule has 18 heavy (non-hydrogen) atoms. The third-order valence-corrected chi connectivity index (χ3v) is 3.24. The summed E-state index contributed by atoms with van der Waals surface area (Å²) in [5.74, 6) is -0.437. The van der Waals surface area contributed by atoms with Gasteiger partial charge in [-0.05, 0) is 37.1 Å². The van der Waals surface area contributed by atoms with Gasteiger partial charge in [0, 0.05) is 6.54 Å². The minimum Gasteiger partial charge on any atom is -0.488 e. The van der Waals surface area contributed by atoms with Gasteiger partial charge in [0.1, 0.15) is 17.7 Å². The van der Waals surface area contributed by atoms with Gasteiger partial charge in [-0.25, -0.2) is 4.39 Å². The van der Waals surface area contributed by atoms with Crippen LogP contribution in [0.3, 0.4) is 0 Å². The number of primary amides is 1. The van der Waals surface area contributed by atoms with E-state index in [0.717, 1.165) is 25.6 Å². The van der Waals surface area contributed by atoms with Crippen molar-refractivity contribution in [3.05, 3.63) is 29.6 Å². The fraction of sp³-hybridized carbons (Fsp3) is 0.462. The van der Waals surface area contributed by atoms with Crippen molar-refractivity contribution in [2.75, 3.05) is 13.1 Å². The van der Waals surface area contributed by atoms with Crippen molar-refractivity contribution in [1.29, 1.82) is 0 Å². The lowest BCUT2D eigenvalue weighted by Gasteiger charge is -2.30. The molecule has 1 aliphatic heterocycles. The second kappa shape index (κ2) is 5.35. The number of carbonyl (C=O) groups excluding carboxylic acids is 1. The van der Waals surface area contributed by atoms with Crippen LogP contribution in [0, 0.1) is 11.7 Å². The molecule has 0 radical (unpaired) electrons. The summed E-state index contributed by atoms with van der Waals surface area (Å²) in [5, 5.41) is 3.23. The van der Waals surface area contributed by atoms with E-state index < -0.39 is 11.7 Å². The summed E-state index contributed by atoms with van der Waals surface area (Å²) >= 11 is 0. The van der Waals surface area contributed by atoms with E-state index in [0.29, 0.717) is 11.7 Å². The predicted octanol–water partition coefficient (Wildman–Crippen LogP) is 1.30. The molecule has 0 saturated carbocycles. The number of amides is 1. The van der Waals surface area contributed by atoms with Gasteiger partial charge in [-0.15, -0.1) is 0 Å². The lowest BCUT2D eigenvalue weighted by Crippen LogP contribution is -2.43. The van der Waals surface area contributed by atoms with Crippen molar-refractivity contribution < 1.29 is 13.9 Å². The van der Waals surface area contributed by atoms with Gasteiger partial charge in [0.2, 0.25) is 0 Å². The molecule has 2 rings (SSSR count). The normalized spacial score (nSPS) is 23.7. The maximum atomic E-state index is 13.1. The lowest BCUT2D eigenvalue weighted by atomic mass is 9.97. The van der Waals surface area contributed by atoms with Gasteiger partial charge in [-0.1, -0.05) is 6.92 Å². The quantitative estimate of drug-likeness (QED) is 0.852. The zero-order chi connectivity index (χ0) is 13.1. The third-order valence-electron chi connectivity index (χ3n) is 3.24. The molecule has 0 aromatic heterocycles. The van der Waals surface area contributed by atoms with Crippen molar-refractivity contribution in [2.45, 2.75) is 19.4 Å². The van der Waals surface area contributed by atoms with Crippen LogP contribution in [-0.4, -0.2) is 25.1 Å². The minimum absolute atomic E-state index is 0.0256. The highest BCUT2D eigenvalue weighted by atomic mass is 19.1. The molecule has 5 heteroatoms. The summed E-state index contributed by atoms with van der Waals surface area (Å²) in [5.41, 5.74) is 5.31. The van der Waals surface area contributed by atoms with E-state index in [1.54, 1.807) is 0 Å².